The minimum Gasteiger partial charge on any atom is -0.466 e. The molecule has 1 amide bonds. The number of ether oxygens (including phenoxy) is 1. The molecule has 0 radical (unpaired) electrons. The van der Waals surface area contributed by atoms with Crippen LogP contribution in [-0.4, -0.2) is 30.5 Å². The van der Waals surface area contributed by atoms with Gasteiger partial charge in [0.05, 0.1) is 23.9 Å². The number of aromatic nitrogens is 1. The predicted octanol–water partition coefficient (Wildman–Crippen LogP) is 2.56. The third-order valence-electron chi connectivity index (χ3n) is 3.62. The molecule has 1 aromatic heterocycles. The average Bonchev–Trinajstić information content (AvgIpc) is 2.58. The lowest BCUT2D eigenvalue weighted by atomic mass is 9.99. The van der Waals surface area contributed by atoms with E-state index in [-0.39, 0.29) is 12.5 Å². The molecule has 0 atom stereocenters. The second-order valence-electron chi connectivity index (χ2n) is 5.06. The Kier molecular flexibility index (Phi) is 5.46. The van der Waals surface area contributed by atoms with Crippen LogP contribution in [0, 0.1) is 6.92 Å². The fourth-order valence-electron chi connectivity index (χ4n) is 2.46. The third kappa shape index (κ3) is 3.74. The lowest BCUT2D eigenvalue weighted by Crippen LogP contribution is -2.26. The molecule has 23 heavy (non-hydrogen) atoms. The lowest BCUT2D eigenvalue weighted by molar-refractivity contribution is -0.134. The molecule has 0 saturated carbocycles. The van der Waals surface area contributed by atoms with Crippen molar-refractivity contribution >= 4 is 22.8 Å². The van der Waals surface area contributed by atoms with E-state index in [2.05, 4.69) is 15.0 Å². The van der Waals surface area contributed by atoms with Crippen LogP contribution in [0.5, 0.6) is 0 Å². The molecule has 5 nitrogen and oxygen atoms in total. The van der Waals surface area contributed by atoms with E-state index in [0.717, 1.165) is 22.2 Å². The highest BCUT2D eigenvalue weighted by molar-refractivity contribution is 6.01. The normalized spacial score (nSPS) is 10.9. The number of pyridine rings is 1. The van der Waals surface area contributed by atoms with Crippen molar-refractivity contribution in [3.05, 3.63) is 53.2 Å². The third-order valence-corrected chi connectivity index (χ3v) is 3.62. The number of nitrogens with one attached hydrogen (secondary N) is 1. The minimum atomic E-state index is -0.447. The molecule has 1 N–H and O–H groups in total. The van der Waals surface area contributed by atoms with Gasteiger partial charge in [-0.3, -0.25) is 9.78 Å². The van der Waals surface area contributed by atoms with Crippen LogP contribution in [0.1, 0.15) is 28.5 Å². The Morgan fingerprint density at radius 3 is 2.74 bits per heavy atom. The molecule has 0 aliphatic carbocycles. The number of benzene rings is 1. The number of esters is 1. The van der Waals surface area contributed by atoms with Crippen molar-refractivity contribution < 1.29 is 14.3 Å². The van der Waals surface area contributed by atoms with Crippen LogP contribution >= 0.6 is 0 Å². The fraction of sp³-hybridized carbons (Fsp3) is 0.278. The summed E-state index contributed by atoms with van der Waals surface area (Å²) in [5.74, 6) is -0.635. The Morgan fingerprint density at radius 2 is 2.04 bits per heavy atom. The van der Waals surface area contributed by atoms with Gasteiger partial charge in [-0.2, -0.15) is 0 Å². The van der Waals surface area contributed by atoms with E-state index in [1.54, 1.807) is 6.08 Å². The Morgan fingerprint density at radius 1 is 1.30 bits per heavy atom. The summed E-state index contributed by atoms with van der Waals surface area (Å²) in [4.78, 5) is 28.1. The van der Waals surface area contributed by atoms with Crippen molar-refractivity contribution in [3.63, 3.8) is 0 Å². The van der Waals surface area contributed by atoms with Crippen molar-refractivity contribution in [2.75, 3.05) is 13.7 Å². The number of nitrogens with zero attached hydrogens (tertiary/aromatic N) is 1. The maximum Gasteiger partial charge on any atom is 0.330 e. The van der Waals surface area contributed by atoms with Gasteiger partial charge in [0.1, 0.15) is 0 Å². The number of rotatable bonds is 5. The number of methoxy groups -OCH3 is 1. The van der Waals surface area contributed by atoms with E-state index in [4.69, 9.17) is 0 Å². The molecule has 0 aliphatic heterocycles. The van der Waals surface area contributed by atoms with Gasteiger partial charge < -0.3 is 10.1 Å². The van der Waals surface area contributed by atoms with Crippen LogP contribution < -0.4 is 5.32 Å². The highest BCUT2D eigenvalue weighted by Crippen LogP contribution is 2.23. The summed E-state index contributed by atoms with van der Waals surface area (Å²) in [6.45, 7) is 4.16. The summed E-state index contributed by atoms with van der Waals surface area (Å²) >= 11 is 0. The smallest absolute Gasteiger partial charge is 0.330 e. The molecule has 2 aromatic rings. The van der Waals surface area contributed by atoms with Gasteiger partial charge in [-0.1, -0.05) is 31.2 Å². The van der Waals surface area contributed by atoms with E-state index >= 15 is 0 Å². The lowest BCUT2D eigenvalue weighted by Gasteiger charge is -2.13. The number of para-hydroxylation sites is 1. The molecule has 0 aliphatic rings. The standard InChI is InChI=1S/C18H20N2O3/c1-4-14-17(18(22)19-11-7-10-16(21)23-3)12(2)13-8-5-6-9-15(13)20-14/h5-10H,4,11H2,1-3H3,(H,19,22)/b10-7+. The monoisotopic (exact) mass is 312 g/mol. The molecule has 0 fully saturated rings. The van der Waals surface area contributed by atoms with Crippen LogP contribution in [0.2, 0.25) is 0 Å². The summed E-state index contributed by atoms with van der Waals surface area (Å²) in [6, 6.07) is 7.78. The molecule has 1 heterocycles. The summed E-state index contributed by atoms with van der Waals surface area (Å²) in [5.41, 5.74) is 3.19. The van der Waals surface area contributed by atoms with Crippen LogP contribution in [0.25, 0.3) is 10.9 Å². The molecule has 0 bridgehead atoms. The van der Waals surface area contributed by atoms with Gasteiger partial charge in [0.25, 0.3) is 5.91 Å². The van der Waals surface area contributed by atoms with E-state index in [0.29, 0.717) is 12.0 Å². The molecular weight excluding hydrogens is 292 g/mol. The van der Waals surface area contributed by atoms with Gasteiger partial charge in [0.2, 0.25) is 0 Å². The second kappa shape index (κ2) is 7.54. The first-order valence-electron chi connectivity index (χ1n) is 7.49. The molecule has 5 heteroatoms. The van der Waals surface area contributed by atoms with Crippen molar-refractivity contribution in [1.29, 1.82) is 0 Å². The summed E-state index contributed by atoms with van der Waals surface area (Å²) < 4.78 is 4.50. The molecule has 0 unspecified atom stereocenters. The van der Waals surface area contributed by atoms with Gasteiger partial charge in [-0.05, 0) is 25.0 Å². The van der Waals surface area contributed by atoms with Crippen LogP contribution in [-0.2, 0) is 16.0 Å². The van der Waals surface area contributed by atoms with Crippen molar-refractivity contribution in [1.82, 2.24) is 10.3 Å². The molecule has 0 spiro atoms. The van der Waals surface area contributed by atoms with Gasteiger partial charge in [-0.25, -0.2) is 4.79 Å². The van der Waals surface area contributed by atoms with E-state index in [1.165, 1.54) is 13.2 Å². The van der Waals surface area contributed by atoms with Crippen molar-refractivity contribution in [2.24, 2.45) is 0 Å². The number of carbonyl (C=O) groups is 2. The first-order chi connectivity index (χ1) is 11.1. The van der Waals surface area contributed by atoms with E-state index in [9.17, 15) is 9.59 Å². The Labute approximate surface area is 135 Å². The van der Waals surface area contributed by atoms with Crippen LogP contribution in [0.4, 0.5) is 0 Å². The SMILES string of the molecule is CCc1nc2ccccc2c(C)c1C(=O)NC/C=C/C(=O)OC. The molecule has 2 rings (SSSR count). The predicted molar refractivity (Wildman–Crippen MR) is 89.3 cm³/mol. The van der Waals surface area contributed by atoms with Gasteiger partial charge in [-0.15, -0.1) is 0 Å². The van der Waals surface area contributed by atoms with Crippen molar-refractivity contribution in [2.45, 2.75) is 20.3 Å². The summed E-state index contributed by atoms with van der Waals surface area (Å²) in [5, 5.41) is 3.76. The fourth-order valence-corrected chi connectivity index (χ4v) is 2.46. The maximum absolute atomic E-state index is 12.5. The Balaban J connectivity index is 2.27. The number of hydrogen-bond donors (Lipinski definition) is 1. The highest BCUT2D eigenvalue weighted by Gasteiger charge is 2.17. The first-order valence-corrected chi connectivity index (χ1v) is 7.49. The van der Waals surface area contributed by atoms with Gasteiger partial charge in [0.15, 0.2) is 0 Å². The maximum atomic E-state index is 12.5. The number of carbonyl (C=O) groups excluding carboxylic acids is 2. The summed E-state index contributed by atoms with van der Waals surface area (Å²) in [6.07, 6.45) is 3.51. The Bertz CT molecular complexity index is 766. The zero-order chi connectivity index (χ0) is 16.8. The number of aryl methyl sites for hydroxylation is 2. The topological polar surface area (TPSA) is 68.3 Å². The first kappa shape index (κ1) is 16.7. The molecule has 1 aromatic carbocycles. The quantitative estimate of drug-likeness (QED) is 0.680. The average molecular weight is 312 g/mol. The van der Waals surface area contributed by atoms with Gasteiger partial charge in [0, 0.05) is 18.0 Å². The van der Waals surface area contributed by atoms with Crippen LogP contribution in [0.15, 0.2) is 36.4 Å². The van der Waals surface area contributed by atoms with E-state index in [1.807, 2.05) is 38.1 Å². The highest BCUT2D eigenvalue weighted by atomic mass is 16.5. The minimum absolute atomic E-state index is 0.188. The zero-order valence-corrected chi connectivity index (χ0v) is 13.6. The number of amides is 1. The molecule has 120 valence electrons. The number of fused-ring (bicyclic) bond motifs is 1. The zero-order valence-electron chi connectivity index (χ0n) is 13.6. The molecular formula is C18H20N2O3. The van der Waals surface area contributed by atoms with E-state index < -0.39 is 5.97 Å². The van der Waals surface area contributed by atoms with Crippen LogP contribution in [0.3, 0.4) is 0 Å². The van der Waals surface area contributed by atoms with Crippen molar-refractivity contribution in [3.8, 4) is 0 Å². The second-order valence-corrected chi connectivity index (χ2v) is 5.06. The molecule has 0 saturated heterocycles. The number of hydrogen-bond acceptors (Lipinski definition) is 4. The Hall–Kier alpha value is -2.69. The largest absolute Gasteiger partial charge is 0.466 e. The van der Waals surface area contributed by atoms with Gasteiger partial charge >= 0.3 is 5.97 Å². The summed E-state index contributed by atoms with van der Waals surface area (Å²) in [7, 11) is 1.31.